The fraction of sp³-hybridized carbons (Fsp3) is 0.486. The van der Waals surface area contributed by atoms with Gasteiger partial charge < -0.3 is 0 Å². The molecule has 1 heterocycles. The van der Waals surface area contributed by atoms with E-state index in [1.807, 2.05) is 11.3 Å². The van der Waals surface area contributed by atoms with Crippen LogP contribution in [-0.4, -0.2) is 0 Å². The van der Waals surface area contributed by atoms with Crippen molar-refractivity contribution in [1.82, 2.24) is 0 Å². The summed E-state index contributed by atoms with van der Waals surface area (Å²) in [5.41, 5.74) is 6.44. The summed E-state index contributed by atoms with van der Waals surface area (Å²) in [4.78, 5) is 0. The second-order valence-corrected chi connectivity index (χ2v) is 12.2. The van der Waals surface area contributed by atoms with Gasteiger partial charge in [0.1, 0.15) is 0 Å². The highest BCUT2D eigenvalue weighted by Crippen LogP contribution is 2.56. The van der Waals surface area contributed by atoms with Gasteiger partial charge in [-0.3, -0.25) is 0 Å². The SMILES string of the molecule is CCCCCCCCC1(CCCCCCCC)c2ccccc2-c2cc3sc4ccccc4c3cc21. The second kappa shape index (κ2) is 12.0. The zero-order valence-electron chi connectivity index (χ0n) is 22.6. The molecule has 1 aliphatic rings. The number of hydrogen-bond acceptors (Lipinski definition) is 1. The van der Waals surface area contributed by atoms with Crippen LogP contribution in [0.5, 0.6) is 0 Å². The van der Waals surface area contributed by atoms with Gasteiger partial charge in [0.05, 0.1) is 0 Å². The summed E-state index contributed by atoms with van der Waals surface area (Å²) in [6.45, 7) is 4.63. The van der Waals surface area contributed by atoms with Crippen LogP contribution >= 0.6 is 11.3 Å². The van der Waals surface area contributed by atoms with Crippen molar-refractivity contribution in [2.45, 2.75) is 109 Å². The van der Waals surface area contributed by atoms with Gasteiger partial charge in [-0.2, -0.15) is 0 Å². The lowest BCUT2D eigenvalue weighted by Gasteiger charge is -2.33. The first-order chi connectivity index (χ1) is 17.8. The second-order valence-electron chi connectivity index (χ2n) is 11.2. The van der Waals surface area contributed by atoms with Crippen molar-refractivity contribution in [3.8, 4) is 11.1 Å². The molecule has 0 saturated heterocycles. The van der Waals surface area contributed by atoms with Crippen LogP contribution in [0.4, 0.5) is 0 Å². The van der Waals surface area contributed by atoms with Gasteiger partial charge in [-0.1, -0.05) is 133 Å². The molecule has 0 amide bonds. The molecule has 1 aliphatic carbocycles. The van der Waals surface area contributed by atoms with Crippen LogP contribution in [-0.2, 0) is 5.41 Å². The first-order valence-electron chi connectivity index (χ1n) is 14.8. The average Bonchev–Trinajstić information content (AvgIpc) is 3.40. The minimum Gasteiger partial charge on any atom is -0.135 e. The minimum atomic E-state index is 0.179. The van der Waals surface area contributed by atoms with Crippen molar-refractivity contribution < 1.29 is 0 Å². The standard InChI is InChI=1S/C35H44S/c1-3-5-7-9-11-17-23-35(24-18-12-10-8-6-4-2)31-21-15-13-19-27(31)29-26-34-30(25-32(29)35)28-20-14-16-22-33(28)36-34/h13-16,19-22,25-26H,3-12,17-18,23-24H2,1-2H3. The van der Waals surface area contributed by atoms with Gasteiger partial charge in [0.15, 0.2) is 0 Å². The summed E-state index contributed by atoms with van der Waals surface area (Å²) in [5.74, 6) is 0. The predicted octanol–water partition coefficient (Wildman–Crippen LogP) is 11.8. The number of hydrogen-bond donors (Lipinski definition) is 0. The van der Waals surface area contributed by atoms with Crippen molar-refractivity contribution in [2.24, 2.45) is 0 Å². The normalized spacial score (nSPS) is 13.9. The van der Waals surface area contributed by atoms with E-state index in [2.05, 4.69) is 74.5 Å². The lowest BCUT2D eigenvalue weighted by Crippen LogP contribution is -2.25. The molecule has 0 spiro atoms. The molecule has 3 aromatic carbocycles. The summed E-state index contributed by atoms with van der Waals surface area (Å²) in [6.07, 6.45) is 19.0. The molecule has 0 unspecified atom stereocenters. The van der Waals surface area contributed by atoms with Crippen LogP contribution in [0.1, 0.15) is 115 Å². The molecule has 0 radical (unpaired) electrons. The molecular weight excluding hydrogens is 452 g/mol. The number of thiophene rings is 1. The molecule has 0 nitrogen and oxygen atoms in total. The van der Waals surface area contributed by atoms with Crippen molar-refractivity contribution in [3.05, 3.63) is 71.8 Å². The van der Waals surface area contributed by atoms with E-state index in [4.69, 9.17) is 0 Å². The molecule has 0 bridgehead atoms. The van der Waals surface area contributed by atoms with Crippen LogP contribution in [0.2, 0.25) is 0 Å². The maximum atomic E-state index is 2.62. The predicted molar refractivity (Wildman–Crippen MR) is 162 cm³/mol. The Bertz CT molecular complexity index is 1260. The largest absolute Gasteiger partial charge is 0.135 e. The molecule has 4 aromatic rings. The molecule has 1 aromatic heterocycles. The van der Waals surface area contributed by atoms with E-state index >= 15 is 0 Å². The Morgan fingerprint density at radius 2 is 1.14 bits per heavy atom. The van der Waals surface area contributed by atoms with E-state index in [1.54, 1.807) is 11.1 Å². The summed E-state index contributed by atoms with van der Waals surface area (Å²) in [6, 6.07) is 23.6. The van der Waals surface area contributed by atoms with E-state index < -0.39 is 0 Å². The Labute approximate surface area is 223 Å². The molecule has 0 fully saturated rings. The van der Waals surface area contributed by atoms with Crippen molar-refractivity contribution in [3.63, 3.8) is 0 Å². The third-order valence-electron chi connectivity index (χ3n) is 8.68. The van der Waals surface area contributed by atoms with E-state index in [0.717, 1.165) is 0 Å². The molecule has 5 rings (SSSR count). The Balaban J connectivity index is 1.52. The first-order valence-corrected chi connectivity index (χ1v) is 15.7. The number of rotatable bonds is 14. The zero-order chi connectivity index (χ0) is 24.8. The highest BCUT2D eigenvalue weighted by molar-refractivity contribution is 7.25. The number of benzene rings is 3. The molecule has 0 atom stereocenters. The molecule has 0 N–H and O–H groups in total. The summed E-state index contributed by atoms with van der Waals surface area (Å²) in [5, 5.41) is 2.90. The first kappa shape index (κ1) is 25.5. The Morgan fingerprint density at radius 1 is 0.528 bits per heavy atom. The van der Waals surface area contributed by atoms with Gasteiger partial charge in [0.25, 0.3) is 0 Å². The molecule has 190 valence electrons. The fourth-order valence-corrected chi connectivity index (χ4v) is 7.88. The quantitative estimate of drug-likeness (QED) is 0.152. The average molecular weight is 497 g/mol. The third kappa shape index (κ3) is 5.01. The minimum absolute atomic E-state index is 0.179. The fourth-order valence-electron chi connectivity index (χ4n) is 6.75. The van der Waals surface area contributed by atoms with Gasteiger partial charge in [0.2, 0.25) is 0 Å². The van der Waals surface area contributed by atoms with E-state index in [1.165, 1.54) is 121 Å². The van der Waals surface area contributed by atoms with Gasteiger partial charge in [-0.25, -0.2) is 0 Å². The smallest absolute Gasteiger partial charge is 0.0361 e. The van der Waals surface area contributed by atoms with Gasteiger partial charge in [-0.15, -0.1) is 11.3 Å². The summed E-state index contributed by atoms with van der Waals surface area (Å²) >= 11 is 1.96. The van der Waals surface area contributed by atoms with Crippen molar-refractivity contribution >= 4 is 31.5 Å². The lowest BCUT2D eigenvalue weighted by atomic mass is 9.70. The number of unbranched alkanes of at least 4 members (excludes halogenated alkanes) is 10. The summed E-state index contributed by atoms with van der Waals surface area (Å²) < 4.78 is 2.86. The Kier molecular flexibility index (Phi) is 8.47. The molecule has 0 saturated carbocycles. The maximum absolute atomic E-state index is 2.62. The molecule has 1 heteroatoms. The van der Waals surface area contributed by atoms with Crippen molar-refractivity contribution in [2.75, 3.05) is 0 Å². The zero-order valence-corrected chi connectivity index (χ0v) is 23.4. The van der Waals surface area contributed by atoms with Crippen molar-refractivity contribution in [1.29, 1.82) is 0 Å². The summed E-state index contributed by atoms with van der Waals surface area (Å²) in [7, 11) is 0. The Hall–Kier alpha value is -2.12. The van der Waals surface area contributed by atoms with Gasteiger partial charge in [-0.05, 0) is 53.3 Å². The van der Waals surface area contributed by atoms with Crippen LogP contribution < -0.4 is 0 Å². The lowest BCUT2D eigenvalue weighted by molar-refractivity contribution is 0.398. The number of fused-ring (bicyclic) bond motifs is 6. The van der Waals surface area contributed by atoms with E-state index in [0.29, 0.717) is 0 Å². The molecule has 0 aliphatic heterocycles. The van der Waals surface area contributed by atoms with Crippen LogP contribution in [0.15, 0.2) is 60.7 Å². The third-order valence-corrected chi connectivity index (χ3v) is 9.81. The van der Waals surface area contributed by atoms with Gasteiger partial charge >= 0.3 is 0 Å². The van der Waals surface area contributed by atoms with Gasteiger partial charge in [0, 0.05) is 25.6 Å². The van der Waals surface area contributed by atoms with Crippen LogP contribution in [0, 0.1) is 0 Å². The van der Waals surface area contributed by atoms with Crippen LogP contribution in [0.3, 0.4) is 0 Å². The highest BCUT2D eigenvalue weighted by Gasteiger charge is 2.42. The molecular formula is C35H44S. The van der Waals surface area contributed by atoms with Crippen LogP contribution in [0.25, 0.3) is 31.3 Å². The monoisotopic (exact) mass is 496 g/mol. The molecule has 36 heavy (non-hydrogen) atoms. The van der Waals surface area contributed by atoms with E-state index in [-0.39, 0.29) is 5.41 Å². The highest BCUT2D eigenvalue weighted by atomic mass is 32.1. The Morgan fingerprint density at radius 3 is 1.86 bits per heavy atom. The topological polar surface area (TPSA) is 0 Å². The maximum Gasteiger partial charge on any atom is 0.0361 e. The van der Waals surface area contributed by atoms with E-state index in [9.17, 15) is 0 Å².